The van der Waals surface area contributed by atoms with E-state index >= 15 is 0 Å². The molecule has 6 nitrogen and oxygen atoms in total. The summed E-state index contributed by atoms with van der Waals surface area (Å²) in [5.74, 6) is 1.46. The molecule has 3 aromatic carbocycles. The number of para-hydroxylation sites is 1. The van der Waals surface area contributed by atoms with Crippen molar-refractivity contribution in [1.29, 1.82) is 0 Å². The number of ether oxygens (including phenoxy) is 1. The molecular weight excluding hydrogens is 661 g/mol. The molecule has 1 saturated carbocycles. The Balaban J connectivity index is 0.00000384. The average molecular weight is 708 g/mol. The van der Waals surface area contributed by atoms with Gasteiger partial charge >= 0.3 is 0 Å². The first-order chi connectivity index (χ1) is 21.0. The van der Waals surface area contributed by atoms with E-state index in [1.54, 1.807) is 6.07 Å². The van der Waals surface area contributed by atoms with Crippen LogP contribution >= 0.6 is 0 Å². The van der Waals surface area contributed by atoms with Crippen molar-refractivity contribution in [3.05, 3.63) is 95.1 Å². The van der Waals surface area contributed by atoms with Crippen LogP contribution in [0.15, 0.2) is 72.8 Å². The number of fused-ring (bicyclic) bond motifs is 2. The molecule has 44 heavy (non-hydrogen) atoms. The van der Waals surface area contributed by atoms with Crippen molar-refractivity contribution in [3.63, 3.8) is 0 Å². The lowest BCUT2D eigenvalue weighted by atomic mass is 9.85. The highest BCUT2D eigenvalue weighted by Gasteiger charge is 2.37. The van der Waals surface area contributed by atoms with Crippen LogP contribution in [0.3, 0.4) is 0 Å². The molecule has 2 amide bonds. The molecule has 3 aliphatic rings. The number of carbonyl (C=O) groups is 2. The van der Waals surface area contributed by atoms with Crippen LogP contribution in [-0.2, 0) is 11.3 Å². The Hall–Kier alpha value is -2.91. The molecular formula is C37H46IN3O3. The molecule has 2 aliphatic heterocycles. The summed E-state index contributed by atoms with van der Waals surface area (Å²) in [5.41, 5.74) is 3.14. The summed E-state index contributed by atoms with van der Waals surface area (Å²) in [6, 6.07) is 23.2. The highest BCUT2D eigenvalue weighted by molar-refractivity contribution is 5.96. The van der Waals surface area contributed by atoms with Crippen LogP contribution < -0.4 is 39.3 Å². The van der Waals surface area contributed by atoms with Gasteiger partial charge in [-0.15, -0.1) is 0 Å². The Morgan fingerprint density at radius 1 is 0.795 bits per heavy atom. The number of quaternary nitrogens is 1. The van der Waals surface area contributed by atoms with Crippen molar-refractivity contribution in [2.45, 2.75) is 76.3 Å². The van der Waals surface area contributed by atoms with E-state index in [0.29, 0.717) is 23.6 Å². The van der Waals surface area contributed by atoms with Crippen molar-refractivity contribution < 1.29 is 42.8 Å². The van der Waals surface area contributed by atoms with E-state index in [9.17, 15) is 9.59 Å². The fraction of sp³-hybridized carbons (Fsp3) is 0.459. The van der Waals surface area contributed by atoms with Gasteiger partial charge in [0.1, 0.15) is 11.5 Å². The number of hydrogen-bond acceptors (Lipinski definition) is 3. The maximum atomic E-state index is 14.1. The quantitative estimate of drug-likeness (QED) is 0.289. The monoisotopic (exact) mass is 707 g/mol. The molecule has 234 valence electrons. The van der Waals surface area contributed by atoms with Gasteiger partial charge in [-0.1, -0.05) is 80.6 Å². The van der Waals surface area contributed by atoms with Crippen molar-refractivity contribution in [2.75, 3.05) is 26.7 Å². The maximum Gasteiger partial charge on any atom is 0.251 e. The second kappa shape index (κ2) is 14.9. The second-order valence-electron chi connectivity index (χ2n) is 13.2. The van der Waals surface area contributed by atoms with E-state index in [0.717, 1.165) is 53.0 Å². The van der Waals surface area contributed by atoms with Gasteiger partial charge in [-0.2, -0.15) is 0 Å². The van der Waals surface area contributed by atoms with E-state index in [-0.39, 0.29) is 41.8 Å². The molecule has 0 bridgehead atoms. The highest BCUT2D eigenvalue weighted by Crippen LogP contribution is 2.44. The van der Waals surface area contributed by atoms with Gasteiger partial charge in [-0.3, -0.25) is 9.59 Å². The summed E-state index contributed by atoms with van der Waals surface area (Å²) < 4.78 is 7.34. The number of nitrogens with one attached hydrogen (secondary N) is 2. The number of benzene rings is 3. The van der Waals surface area contributed by atoms with Crippen LogP contribution in [0.5, 0.6) is 11.5 Å². The number of halogens is 1. The fourth-order valence-electron chi connectivity index (χ4n) is 7.42. The van der Waals surface area contributed by atoms with E-state index in [2.05, 4.69) is 17.7 Å². The lowest BCUT2D eigenvalue weighted by Gasteiger charge is -2.43. The number of carbonyl (C=O) groups excluding carboxylic acids is 2. The van der Waals surface area contributed by atoms with Crippen LogP contribution in [-0.4, -0.2) is 49.0 Å². The lowest BCUT2D eigenvalue weighted by molar-refractivity contribution is -0.917. The third kappa shape index (κ3) is 7.83. The fourth-order valence-corrected chi connectivity index (χ4v) is 7.42. The summed E-state index contributed by atoms with van der Waals surface area (Å²) in [6.07, 6.45) is 11.7. The minimum Gasteiger partial charge on any atom is -1.00 e. The summed E-state index contributed by atoms with van der Waals surface area (Å²) in [4.78, 5) is 27.2. The molecule has 0 radical (unpaired) electrons. The topological polar surface area (TPSA) is 67.4 Å². The molecule has 2 heterocycles. The summed E-state index contributed by atoms with van der Waals surface area (Å²) in [7, 11) is 2.42. The van der Waals surface area contributed by atoms with Crippen LogP contribution in [0.25, 0.3) is 0 Å². The SMILES string of the molecule is C[N+]1(CC2CCCCCCC2)CCC(NC(=O)C2c3ccccc3Oc3ccc(C(=O)NCc4ccccc4)cc32)CC1.[I-]. The van der Waals surface area contributed by atoms with Crippen molar-refractivity contribution in [1.82, 2.24) is 10.6 Å². The third-order valence-corrected chi connectivity index (χ3v) is 9.90. The predicted molar refractivity (Wildman–Crippen MR) is 170 cm³/mol. The minimum atomic E-state index is -0.528. The van der Waals surface area contributed by atoms with E-state index in [1.807, 2.05) is 66.7 Å². The smallest absolute Gasteiger partial charge is 0.251 e. The largest absolute Gasteiger partial charge is 1.00 e. The van der Waals surface area contributed by atoms with Crippen LogP contribution in [0, 0.1) is 5.92 Å². The number of piperidine rings is 1. The summed E-state index contributed by atoms with van der Waals surface area (Å²) in [6.45, 7) is 3.93. The Kier molecular flexibility index (Phi) is 11.0. The lowest BCUT2D eigenvalue weighted by Crippen LogP contribution is -3.00. The van der Waals surface area contributed by atoms with Gasteiger partial charge in [0.15, 0.2) is 0 Å². The first-order valence-corrected chi connectivity index (χ1v) is 16.3. The average Bonchev–Trinajstić information content (AvgIpc) is 3.01. The molecule has 6 rings (SSSR count). The van der Waals surface area contributed by atoms with Gasteiger partial charge in [0.2, 0.25) is 5.91 Å². The molecule has 1 unspecified atom stereocenters. The van der Waals surface area contributed by atoms with Crippen molar-refractivity contribution in [3.8, 4) is 11.5 Å². The van der Waals surface area contributed by atoms with Crippen LogP contribution in [0.1, 0.15) is 90.8 Å². The first-order valence-electron chi connectivity index (χ1n) is 16.3. The van der Waals surface area contributed by atoms with Gasteiger partial charge in [0.25, 0.3) is 5.91 Å². The second-order valence-corrected chi connectivity index (χ2v) is 13.2. The van der Waals surface area contributed by atoms with Gasteiger partial charge in [0.05, 0.1) is 32.6 Å². The van der Waals surface area contributed by atoms with Gasteiger partial charge in [0, 0.05) is 48.0 Å². The summed E-state index contributed by atoms with van der Waals surface area (Å²) in [5, 5.41) is 6.43. The Morgan fingerprint density at radius 3 is 2.20 bits per heavy atom. The molecule has 2 N–H and O–H groups in total. The molecule has 1 aliphatic carbocycles. The Morgan fingerprint density at radius 2 is 1.45 bits per heavy atom. The minimum absolute atomic E-state index is 0. The van der Waals surface area contributed by atoms with Gasteiger partial charge < -0.3 is 43.8 Å². The van der Waals surface area contributed by atoms with E-state index < -0.39 is 5.92 Å². The number of nitrogens with zero attached hydrogens (tertiary/aromatic N) is 1. The zero-order valence-corrected chi connectivity index (χ0v) is 28.1. The molecule has 0 spiro atoms. The number of likely N-dealkylation sites (tertiary alicyclic amines) is 1. The third-order valence-electron chi connectivity index (χ3n) is 9.90. The molecule has 2 fully saturated rings. The molecule has 1 atom stereocenters. The van der Waals surface area contributed by atoms with Crippen molar-refractivity contribution in [2.24, 2.45) is 5.92 Å². The molecule has 3 aromatic rings. The Bertz CT molecular complexity index is 1410. The van der Waals surface area contributed by atoms with Crippen LogP contribution in [0.4, 0.5) is 0 Å². The van der Waals surface area contributed by atoms with Crippen LogP contribution in [0.2, 0.25) is 0 Å². The van der Waals surface area contributed by atoms with Crippen molar-refractivity contribution >= 4 is 11.8 Å². The van der Waals surface area contributed by atoms with Gasteiger partial charge in [-0.05, 0) is 42.7 Å². The number of rotatable bonds is 7. The van der Waals surface area contributed by atoms with E-state index in [4.69, 9.17) is 4.74 Å². The number of amides is 2. The highest BCUT2D eigenvalue weighted by atomic mass is 127. The normalized spacial score (nSPS) is 23.4. The number of hydrogen-bond donors (Lipinski definition) is 2. The van der Waals surface area contributed by atoms with E-state index in [1.165, 1.54) is 51.5 Å². The standard InChI is InChI=1S/C37H45N3O3.HI/c1-40(26-28-14-6-3-2-4-7-15-28)22-20-30(21-23-40)39-37(42)35-31-16-10-11-17-33(31)43-34-19-18-29(24-32(34)35)36(41)38-25-27-12-8-5-9-13-27;/h5,8-13,16-19,24,28,30,35H,2-4,6-7,14-15,20-23,25-26H2,1H3,(H-,38,39,41,42);1H. The molecule has 0 aromatic heterocycles. The summed E-state index contributed by atoms with van der Waals surface area (Å²) >= 11 is 0. The zero-order chi connectivity index (χ0) is 29.6. The molecule has 7 heteroatoms. The Labute approximate surface area is 279 Å². The zero-order valence-electron chi connectivity index (χ0n) is 25.9. The predicted octanol–water partition coefficient (Wildman–Crippen LogP) is 3.94. The van der Waals surface area contributed by atoms with Gasteiger partial charge in [-0.25, -0.2) is 0 Å². The maximum absolute atomic E-state index is 14.1. The first kappa shape index (κ1) is 32.5. The molecule has 1 saturated heterocycles.